The fraction of sp³-hybridized carbons (Fsp3) is 0.111. The van der Waals surface area contributed by atoms with E-state index in [1.807, 2.05) is 54.6 Å². The standard InChI is InChI=1S/C27H20N2O3/c1-2-31-25-12-11-18(14-24(25)30)13-20-9-6-10-22-23(21(16-28)17-29)15-26(32-27(20)22)19-7-4-3-5-8-19/h2-5,7-8,11-15,30H,1,6,9-10H2/b20-13+. The van der Waals surface area contributed by atoms with Crippen LogP contribution >= 0.6 is 0 Å². The maximum absolute atomic E-state index is 10.2. The molecule has 5 heteroatoms. The predicted octanol–water partition coefficient (Wildman–Crippen LogP) is 6.15. The molecule has 1 aliphatic heterocycles. The number of ether oxygens (including phenoxy) is 2. The molecule has 0 bridgehead atoms. The molecule has 156 valence electrons. The molecule has 2 aromatic rings. The maximum atomic E-state index is 10.2. The number of phenols is 1. The third-order valence-corrected chi connectivity index (χ3v) is 5.34. The lowest BCUT2D eigenvalue weighted by atomic mass is 9.84. The molecule has 0 spiro atoms. The van der Waals surface area contributed by atoms with Crippen molar-refractivity contribution in [3.8, 4) is 23.6 Å². The SMILES string of the molecule is C=COc1ccc(/C=C2\CCCC3=C2OC(c2ccccc2)=CC3=C(C#N)C#N)cc1O. The zero-order valence-electron chi connectivity index (χ0n) is 17.3. The van der Waals surface area contributed by atoms with E-state index in [0.717, 1.165) is 35.1 Å². The van der Waals surface area contributed by atoms with E-state index in [0.29, 0.717) is 29.3 Å². The smallest absolute Gasteiger partial charge is 0.168 e. The highest BCUT2D eigenvalue weighted by atomic mass is 16.5. The number of rotatable bonds is 4. The largest absolute Gasteiger partial charge is 0.504 e. The van der Waals surface area contributed by atoms with Gasteiger partial charge in [0.1, 0.15) is 29.2 Å². The Kier molecular flexibility index (Phi) is 5.92. The summed E-state index contributed by atoms with van der Waals surface area (Å²) < 4.78 is 11.5. The molecular weight excluding hydrogens is 400 g/mol. The van der Waals surface area contributed by atoms with Gasteiger partial charge in [0.2, 0.25) is 0 Å². The number of nitrogens with zero attached hydrogens (tertiary/aromatic N) is 2. The van der Waals surface area contributed by atoms with Crippen LogP contribution in [0.2, 0.25) is 0 Å². The van der Waals surface area contributed by atoms with Gasteiger partial charge in [0.05, 0.1) is 6.26 Å². The molecule has 0 atom stereocenters. The second kappa shape index (κ2) is 9.12. The minimum Gasteiger partial charge on any atom is -0.504 e. The van der Waals surface area contributed by atoms with Gasteiger partial charge in [-0.2, -0.15) is 10.5 Å². The molecule has 5 nitrogen and oxygen atoms in total. The summed E-state index contributed by atoms with van der Waals surface area (Å²) in [6, 6.07) is 18.8. The summed E-state index contributed by atoms with van der Waals surface area (Å²) in [6.07, 6.45) is 7.34. The summed E-state index contributed by atoms with van der Waals surface area (Å²) in [5.74, 6) is 1.59. The van der Waals surface area contributed by atoms with E-state index >= 15 is 0 Å². The van der Waals surface area contributed by atoms with Crippen LogP contribution in [-0.4, -0.2) is 5.11 Å². The first-order valence-corrected chi connectivity index (χ1v) is 10.2. The lowest BCUT2D eigenvalue weighted by Gasteiger charge is -2.29. The highest BCUT2D eigenvalue weighted by Crippen LogP contribution is 2.43. The molecule has 0 aromatic heterocycles. The first-order valence-electron chi connectivity index (χ1n) is 10.2. The number of hydrogen-bond acceptors (Lipinski definition) is 5. The average Bonchev–Trinajstić information content (AvgIpc) is 2.82. The molecule has 0 radical (unpaired) electrons. The molecule has 0 saturated heterocycles. The molecule has 0 fully saturated rings. The number of allylic oxidation sites excluding steroid dienone is 5. The van der Waals surface area contributed by atoms with Crippen molar-refractivity contribution < 1.29 is 14.6 Å². The Morgan fingerprint density at radius 3 is 2.56 bits per heavy atom. The van der Waals surface area contributed by atoms with Gasteiger partial charge < -0.3 is 14.6 Å². The van der Waals surface area contributed by atoms with E-state index in [1.165, 1.54) is 6.26 Å². The topological polar surface area (TPSA) is 86.3 Å². The van der Waals surface area contributed by atoms with E-state index in [9.17, 15) is 15.6 Å². The molecule has 1 heterocycles. The van der Waals surface area contributed by atoms with Crippen LogP contribution in [0.3, 0.4) is 0 Å². The second-order valence-electron chi connectivity index (χ2n) is 7.33. The van der Waals surface area contributed by atoms with Crippen molar-refractivity contribution in [2.45, 2.75) is 19.3 Å². The van der Waals surface area contributed by atoms with Crippen molar-refractivity contribution in [1.29, 1.82) is 10.5 Å². The van der Waals surface area contributed by atoms with Crippen LogP contribution in [0.1, 0.15) is 30.4 Å². The Hall–Kier alpha value is -4.48. The van der Waals surface area contributed by atoms with E-state index in [2.05, 4.69) is 6.58 Å². The fourth-order valence-electron chi connectivity index (χ4n) is 3.88. The van der Waals surface area contributed by atoms with E-state index in [1.54, 1.807) is 18.2 Å². The van der Waals surface area contributed by atoms with Crippen molar-refractivity contribution in [1.82, 2.24) is 0 Å². The lowest BCUT2D eigenvalue weighted by molar-refractivity contribution is 0.369. The average molecular weight is 420 g/mol. The van der Waals surface area contributed by atoms with Gasteiger partial charge in [-0.1, -0.05) is 43.0 Å². The zero-order chi connectivity index (χ0) is 22.5. The van der Waals surface area contributed by atoms with Crippen molar-refractivity contribution in [3.05, 3.63) is 107 Å². The van der Waals surface area contributed by atoms with Gasteiger partial charge in [0.15, 0.2) is 11.5 Å². The van der Waals surface area contributed by atoms with Gasteiger partial charge >= 0.3 is 0 Å². The molecule has 32 heavy (non-hydrogen) atoms. The highest BCUT2D eigenvalue weighted by molar-refractivity contribution is 5.75. The summed E-state index contributed by atoms with van der Waals surface area (Å²) in [7, 11) is 0. The molecule has 4 rings (SSSR count). The lowest BCUT2D eigenvalue weighted by Crippen LogP contribution is -2.13. The zero-order valence-corrected chi connectivity index (χ0v) is 17.3. The van der Waals surface area contributed by atoms with Crippen LogP contribution in [-0.2, 0) is 4.74 Å². The van der Waals surface area contributed by atoms with Gasteiger partial charge in [-0.15, -0.1) is 0 Å². The maximum Gasteiger partial charge on any atom is 0.168 e. The van der Waals surface area contributed by atoms with E-state index in [-0.39, 0.29) is 11.3 Å². The molecule has 0 unspecified atom stereocenters. The highest BCUT2D eigenvalue weighted by Gasteiger charge is 2.28. The van der Waals surface area contributed by atoms with Crippen LogP contribution in [0, 0.1) is 22.7 Å². The second-order valence-corrected chi connectivity index (χ2v) is 7.33. The third-order valence-electron chi connectivity index (χ3n) is 5.34. The summed E-state index contributed by atoms with van der Waals surface area (Å²) >= 11 is 0. The van der Waals surface area contributed by atoms with Crippen LogP contribution < -0.4 is 4.74 Å². The van der Waals surface area contributed by atoms with Crippen LogP contribution in [0.25, 0.3) is 11.8 Å². The van der Waals surface area contributed by atoms with Crippen molar-refractivity contribution >= 4 is 11.8 Å². The summed E-state index contributed by atoms with van der Waals surface area (Å²) in [6.45, 7) is 3.50. The van der Waals surface area contributed by atoms with Crippen LogP contribution in [0.5, 0.6) is 11.5 Å². The Morgan fingerprint density at radius 1 is 1.09 bits per heavy atom. The van der Waals surface area contributed by atoms with E-state index < -0.39 is 0 Å². The Labute approximate surface area is 186 Å². The van der Waals surface area contributed by atoms with Gasteiger partial charge in [-0.05, 0) is 54.7 Å². The van der Waals surface area contributed by atoms with Crippen molar-refractivity contribution in [2.75, 3.05) is 0 Å². The molecule has 1 aliphatic carbocycles. The van der Waals surface area contributed by atoms with E-state index in [4.69, 9.17) is 9.47 Å². The molecule has 0 amide bonds. The Bertz CT molecular complexity index is 1270. The molecule has 2 aromatic carbocycles. The van der Waals surface area contributed by atoms with Gasteiger partial charge in [-0.25, -0.2) is 0 Å². The third kappa shape index (κ3) is 4.05. The molecular formula is C27H20N2O3. The van der Waals surface area contributed by atoms with Crippen LogP contribution in [0.4, 0.5) is 0 Å². The number of aromatic hydroxyl groups is 1. The summed E-state index contributed by atoms with van der Waals surface area (Å²) in [5.41, 5.74) is 4.12. The van der Waals surface area contributed by atoms with Crippen molar-refractivity contribution in [2.24, 2.45) is 0 Å². The number of hydrogen-bond donors (Lipinski definition) is 1. The molecule has 0 saturated carbocycles. The number of benzene rings is 2. The predicted molar refractivity (Wildman–Crippen MR) is 122 cm³/mol. The van der Waals surface area contributed by atoms with Gasteiger partial charge in [0.25, 0.3) is 0 Å². The minimum absolute atomic E-state index is 0.00975. The summed E-state index contributed by atoms with van der Waals surface area (Å²) in [5, 5.41) is 29.3. The fourth-order valence-corrected chi connectivity index (χ4v) is 3.88. The monoisotopic (exact) mass is 420 g/mol. The quantitative estimate of drug-likeness (QED) is 0.473. The molecule has 1 N–H and O–H groups in total. The Balaban J connectivity index is 1.82. The normalized spacial score (nSPS) is 16.2. The van der Waals surface area contributed by atoms with Crippen LogP contribution in [0.15, 0.2) is 95.5 Å². The van der Waals surface area contributed by atoms with Gasteiger partial charge in [-0.3, -0.25) is 0 Å². The Morgan fingerprint density at radius 2 is 1.88 bits per heavy atom. The van der Waals surface area contributed by atoms with Gasteiger partial charge in [0, 0.05) is 16.7 Å². The number of phenolic OH excluding ortho intramolecular Hbond substituents is 1. The summed E-state index contributed by atoms with van der Waals surface area (Å²) in [4.78, 5) is 0. The van der Waals surface area contributed by atoms with Crippen molar-refractivity contribution in [3.63, 3.8) is 0 Å². The number of nitriles is 2. The first kappa shape index (κ1) is 20.8. The first-order chi connectivity index (χ1) is 15.6. The minimum atomic E-state index is 0.00975. The molecule has 2 aliphatic rings.